The topological polar surface area (TPSA) is 58.0 Å². The number of benzene rings is 1. The largest absolute Gasteiger partial charge is 0.338 e. The number of amides is 2. The maximum atomic E-state index is 12.6. The summed E-state index contributed by atoms with van der Waals surface area (Å²) in [6.07, 6.45) is 3.41. The molecule has 4 rings (SSSR count). The molecule has 1 saturated heterocycles. The number of pyridine rings is 1. The number of fused-ring (bicyclic) bond motifs is 1. The van der Waals surface area contributed by atoms with Gasteiger partial charge in [-0.15, -0.1) is 0 Å². The van der Waals surface area contributed by atoms with Crippen molar-refractivity contribution in [1.29, 1.82) is 0 Å². The number of anilines is 1. The zero-order valence-electron chi connectivity index (χ0n) is 16.1. The van der Waals surface area contributed by atoms with Gasteiger partial charge in [0, 0.05) is 32.0 Å². The molecule has 0 aliphatic carbocycles. The highest BCUT2D eigenvalue weighted by Crippen LogP contribution is 2.19. The fourth-order valence-corrected chi connectivity index (χ4v) is 4.02. The molecule has 0 radical (unpaired) electrons. The SMILES string of the molecule is O=C(CCC(=O)N1CCc2ccccc2C1)N1CCN(c2cccc[nH+]2)CC1. The van der Waals surface area contributed by atoms with Crippen molar-refractivity contribution in [3.63, 3.8) is 0 Å². The van der Waals surface area contributed by atoms with Crippen LogP contribution in [0.4, 0.5) is 5.82 Å². The fraction of sp³-hybridized carbons (Fsp3) is 0.409. The van der Waals surface area contributed by atoms with E-state index in [0.717, 1.165) is 31.9 Å². The molecule has 2 aromatic rings. The molecule has 1 N–H and O–H groups in total. The van der Waals surface area contributed by atoms with Gasteiger partial charge in [-0.05, 0) is 23.6 Å². The van der Waals surface area contributed by atoms with Crippen molar-refractivity contribution < 1.29 is 14.6 Å². The first kappa shape index (κ1) is 18.5. The highest BCUT2D eigenvalue weighted by molar-refractivity contribution is 5.84. The van der Waals surface area contributed by atoms with Gasteiger partial charge in [-0.2, -0.15) is 0 Å². The number of hydrogen-bond acceptors (Lipinski definition) is 3. The van der Waals surface area contributed by atoms with Gasteiger partial charge >= 0.3 is 0 Å². The van der Waals surface area contributed by atoms with Crippen molar-refractivity contribution in [1.82, 2.24) is 9.80 Å². The lowest BCUT2D eigenvalue weighted by atomic mass is 9.99. The van der Waals surface area contributed by atoms with E-state index in [1.807, 2.05) is 46.3 Å². The Morgan fingerprint density at radius 1 is 0.786 bits per heavy atom. The Labute approximate surface area is 165 Å². The number of carbonyl (C=O) groups excluding carboxylic acids is 2. The number of piperazine rings is 1. The third kappa shape index (κ3) is 4.16. The summed E-state index contributed by atoms with van der Waals surface area (Å²) in [7, 11) is 0. The third-order valence-electron chi connectivity index (χ3n) is 5.70. The molecule has 0 unspecified atom stereocenters. The molecule has 1 aromatic heterocycles. The Hall–Kier alpha value is -2.89. The molecule has 1 aromatic carbocycles. The van der Waals surface area contributed by atoms with Crippen LogP contribution in [0.3, 0.4) is 0 Å². The molecule has 0 atom stereocenters. The lowest BCUT2D eigenvalue weighted by Crippen LogP contribution is -2.50. The number of H-pyrrole nitrogens is 1. The first-order valence-corrected chi connectivity index (χ1v) is 10.0. The molecule has 2 aliphatic rings. The van der Waals surface area contributed by atoms with Gasteiger partial charge in [0.2, 0.25) is 11.8 Å². The monoisotopic (exact) mass is 379 g/mol. The lowest BCUT2D eigenvalue weighted by molar-refractivity contribution is -0.364. The Morgan fingerprint density at radius 2 is 1.46 bits per heavy atom. The summed E-state index contributed by atoms with van der Waals surface area (Å²) >= 11 is 0. The minimum absolute atomic E-state index is 0.0837. The van der Waals surface area contributed by atoms with Crippen molar-refractivity contribution in [2.75, 3.05) is 37.6 Å². The van der Waals surface area contributed by atoms with E-state index in [9.17, 15) is 9.59 Å². The number of aromatic amines is 1. The zero-order valence-corrected chi connectivity index (χ0v) is 16.1. The molecule has 2 amide bonds. The van der Waals surface area contributed by atoms with E-state index in [2.05, 4.69) is 22.0 Å². The van der Waals surface area contributed by atoms with E-state index in [1.54, 1.807) is 0 Å². The Bertz CT molecular complexity index is 831. The Kier molecular flexibility index (Phi) is 5.55. The molecule has 6 nitrogen and oxygen atoms in total. The number of carbonyl (C=O) groups is 2. The standard InChI is InChI=1S/C22H26N4O2/c27-21(25-15-13-24(14-16-25)20-7-3-4-11-23-20)8-9-22(28)26-12-10-18-5-1-2-6-19(18)17-26/h1-7,11H,8-10,12-17H2/p+1. The van der Waals surface area contributed by atoms with E-state index in [1.165, 1.54) is 11.1 Å². The van der Waals surface area contributed by atoms with E-state index >= 15 is 0 Å². The van der Waals surface area contributed by atoms with E-state index in [4.69, 9.17) is 0 Å². The minimum atomic E-state index is 0.0837. The summed E-state index contributed by atoms with van der Waals surface area (Å²) in [6, 6.07) is 14.3. The Balaban J connectivity index is 1.23. The van der Waals surface area contributed by atoms with Gasteiger partial charge in [-0.1, -0.05) is 30.3 Å². The lowest BCUT2D eigenvalue weighted by Gasteiger charge is -2.31. The minimum Gasteiger partial charge on any atom is -0.338 e. The molecule has 28 heavy (non-hydrogen) atoms. The number of nitrogens with one attached hydrogen (secondary N) is 1. The summed E-state index contributed by atoms with van der Waals surface area (Å²) < 4.78 is 0. The highest BCUT2D eigenvalue weighted by atomic mass is 16.2. The summed E-state index contributed by atoms with van der Waals surface area (Å²) in [5, 5.41) is 0. The van der Waals surface area contributed by atoms with Crippen molar-refractivity contribution in [3.05, 3.63) is 59.8 Å². The number of nitrogens with zero attached hydrogens (tertiary/aromatic N) is 3. The molecule has 2 aliphatic heterocycles. The highest BCUT2D eigenvalue weighted by Gasteiger charge is 2.27. The predicted molar refractivity (Wildman–Crippen MR) is 107 cm³/mol. The second-order valence-corrected chi connectivity index (χ2v) is 7.45. The van der Waals surface area contributed by atoms with Crippen LogP contribution in [0.1, 0.15) is 24.0 Å². The Morgan fingerprint density at radius 3 is 2.18 bits per heavy atom. The average molecular weight is 379 g/mol. The van der Waals surface area contributed by atoms with Crippen LogP contribution in [0.15, 0.2) is 48.7 Å². The molecule has 0 spiro atoms. The maximum absolute atomic E-state index is 12.6. The fourth-order valence-electron chi connectivity index (χ4n) is 4.02. The molecule has 0 saturated carbocycles. The van der Waals surface area contributed by atoms with E-state index in [0.29, 0.717) is 32.5 Å². The van der Waals surface area contributed by atoms with Crippen molar-refractivity contribution in [2.45, 2.75) is 25.8 Å². The van der Waals surface area contributed by atoms with Crippen LogP contribution in [-0.2, 0) is 22.6 Å². The summed E-state index contributed by atoms with van der Waals surface area (Å²) in [5.41, 5.74) is 2.55. The van der Waals surface area contributed by atoms with Gasteiger partial charge in [0.05, 0.1) is 19.3 Å². The molecular formula is C22H27N4O2+. The summed E-state index contributed by atoms with van der Waals surface area (Å²) in [6.45, 7) is 4.43. The number of hydrogen-bond donors (Lipinski definition) is 0. The van der Waals surface area contributed by atoms with Crippen LogP contribution < -0.4 is 9.88 Å². The van der Waals surface area contributed by atoms with Crippen LogP contribution in [0.2, 0.25) is 0 Å². The molecule has 1 fully saturated rings. The first-order chi connectivity index (χ1) is 13.7. The second kappa shape index (κ2) is 8.42. The summed E-state index contributed by atoms with van der Waals surface area (Å²) in [4.78, 5) is 34.4. The molecule has 3 heterocycles. The van der Waals surface area contributed by atoms with Crippen LogP contribution in [-0.4, -0.2) is 54.3 Å². The van der Waals surface area contributed by atoms with Gasteiger partial charge < -0.3 is 9.80 Å². The molecule has 0 bridgehead atoms. The zero-order chi connectivity index (χ0) is 19.3. The predicted octanol–water partition coefficient (Wildman–Crippen LogP) is 1.51. The average Bonchev–Trinajstić information content (AvgIpc) is 2.77. The number of aromatic nitrogens is 1. The third-order valence-corrected chi connectivity index (χ3v) is 5.70. The first-order valence-electron chi connectivity index (χ1n) is 10.0. The van der Waals surface area contributed by atoms with Crippen LogP contribution in [0.5, 0.6) is 0 Å². The van der Waals surface area contributed by atoms with Gasteiger partial charge in [-0.3, -0.25) is 14.5 Å². The number of rotatable bonds is 4. The van der Waals surface area contributed by atoms with Gasteiger partial charge in [0.25, 0.3) is 5.82 Å². The van der Waals surface area contributed by atoms with Crippen LogP contribution >= 0.6 is 0 Å². The van der Waals surface area contributed by atoms with Crippen molar-refractivity contribution in [2.24, 2.45) is 0 Å². The summed E-state index contributed by atoms with van der Waals surface area (Å²) in [5.74, 6) is 1.25. The van der Waals surface area contributed by atoms with Crippen molar-refractivity contribution >= 4 is 17.6 Å². The smallest absolute Gasteiger partial charge is 0.274 e. The van der Waals surface area contributed by atoms with E-state index in [-0.39, 0.29) is 11.8 Å². The molecular weight excluding hydrogens is 352 g/mol. The second-order valence-electron chi connectivity index (χ2n) is 7.45. The van der Waals surface area contributed by atoms with Crippen LogP contribution in [0.25, 0.3) is 0 Å². The van der Waals surface area contributed by atoms with E-state index < -0.39 is 0 Å². The van der Waals surface area contributed by atoms with Gasteiger partial charge in [0.1, 0.15) is 13.1 Å². The normalized spacial score (nSPS) is 16.6. The quantitative estimate of drug-likeness (QED) is 0.809. The maximum Gasteiger partial charge on any atom is 0.274 e. The molecule has 146 valence electrons. The molecule has 6 heteroatoms. The van der Waals surface area contributed by atoms with Gasteiger partial charge in [-0.25, -0.2) is 4.98 Å². The van der Waals surface area contributed by atoms with Crippen LogP contribution in [0, 0.1) is 0 Å². The van der Waals surface area contributed by atoms with Crippen molar-refractivity contribution in [3.8, 4) is 0 Å². The van der Waals surface area contributed by atoms with Gasteiger partial charge in [0.15, 0.2) is 0 Å².